The van der Waals surface area contributed by atoms with Gasteiger partial charge in [-0.2, -0.15) is 0 Å². The highest BCUT2D eigenvalue weighted by molar-refractivity contribution is 8.15. The van der Waals surface area contributed by atoms with Crippen LogP contribution in [0.4, 0.5) is 0 Å². The normalized spacial score (nSPS) is 25.2. The summed E-state index contributed by atoms with van der Waals surface area (Å²) in [5.41, 5.74) is 2.42. The molecule has 8 nitrogen and oxygen atoms in total. The monoisotopic (exact) mass is 438 g/mol. The summed E-state index contributed by atoms with van der Waals surface area (Å²) in [6.07, 6.45) is 6.21. The lowest BCUT2D eigenvalue weighted by Crippen LogP contribution is -2.53. The molecule has 9 heteroatoms. The number of ketones is 1. The lowest BCUT2D eigenvalue weighted by Gasteiger charge is -2.31. The van der Waals surface area contributed by atoms with Crippen molar-refractivity contribution >= 4 is 34.5 Å². The third kappa shape index (κ3) is 5.97. The second-order valence-electron chi connectivity index (χ2n) is 9.19. The fourth-order valence-corrected chi connectivity index (χ4v) is 5.55. The molecule has 0 bridgehead atoms. The molecule has 2 N–H and O–H groups in total. The number of amidine groups is 1. The van der Waals surface area contributed by atoms with Crippen LogP contribution < -0.4 is 10.7 Å². The molecule has 0 aromatic rings. The minimum absolute atomic E-state index is 0.000916. The Kier molecular flexibility index (Phi) is 7.79. The van der Waals surface area contributed by atoms with Crippen LogP contribution in [0.15, 0.2) is 5.10 Å². The number of hydrogen-bond donors (Lipinski definition) is 2. The third-order valence-electron chi connectivity index (χ3n) is 6.08. The Morgan fingerprint density at radius 1 is 1.13 bits per heavy atom. The highest BCUT2D eigenvalue weighted by atomic mass is 32.2. The highest BCUT2D eigenvalue weighted by Gasteiger charge is 2.37. The van der Waals surface area contributed by atoms with E-state index in [1.165, 1.54) is 0 Å². The molecule has 2 heterocycles. The van der Waals surface area contributed by atoms with Gasteiger partial charge < -0.3 is 15.0 Å². The van der Waals surface area contributed by atoms with E-state index in [2.05, 4.69) is 29.7 Å². The van der Waals surface area contributed by atoms with Crippen LogP contribution >= 0.6 is 11.8 Å². The van der Waals surface area contributed by atoms with E-state index in [0.29, 0.717) is 31.2 Å². The first-order chi connectivity index (χ1) is 14.3. The predicted octanol–water partition coefficient (Wildman–Crippen LogP) is 1.89. The molecule has 1 unspecified atom stereocenters. The maximum atomic E-state index is 13.0. The van der Waals surface area contributed by atoms with E-state index in [9.17, 15) is 14.4 Å². The van der Waals surface area contributed by atoms with Gasteiger partial charge >= 0.3 is 5.91 Å². The van der Waals surface area contributed by atoms with E-state index in [-0.39, 0.29) is 22.5 Å². The molecular formula is C21H34N4O4S. The molecule has 2 amide bonds. The fourth-order valence-electron chi connectivity index (χ4n) is 4.48. The molecule has 2 saturated heterocycles. The number of carbonyl (C=O) groups is 3. The SMILES string of the molecule is CN1CC(C)(C)S/C1=N\NC(=O)C(=O)C(NC(=O)C1CCCCC1)C1CCOCC1. The summed E-state index contributed by atoms with van der Waals surface area (Å²) in [5.74, 6) is -1.67. The van der Waals surface area contributed by atoms with Gasteiger partial charge in [-0.15, -0.1) is 5.10 Å². The maximum absolute atomic E-state index is 13.0. The number of amides is 2. The van der Waals surface area contributed by atoms with E-state index in [1.807, 2.05) is 11.9 Å². The van der Waals surface area contributed by atoms with E-state index in [1.54, 1.807) is 11.8 Å². The van der Waals surface area contributed by atoms with Crippen LogP contribution in [0.5, 0.6) is 0 Å². The zero-order valence-electron chi connectivity index (χ0n) is 18.2. The lowest BCUT2D eigenvalue weighted by atomic mass is 9.85. The summed E-state index contributed by atoms with van der Waals surface area (Å²) in [6, 6.07) is -0.825. The molecular weight excluding hydrogens is 404 g/mol. The van der Waals surface area contributed by atoms with Crippen molar-refractivity contribution in [2.24, 2.45) is 16.9 Å². The van der Waals surface area contributed by atoms with Crippen LogP contribution in [0.2, 0.25) is 0 Å². The highest BCUT2D eigenvalue weighted by Crippen LogP contribution is 2.34. The first-order valence-corrected chi connectivity index (χ1v) is 11.8. The lowest BCUT2D eigenvalue weighted by molar-refractivity contribution is -0.142. The van der Waals surface area contributed by atoms with Crippen molar-refractivity contribution in [3.05, 3.63) is 0 Å². The number of rotatable bonds is 6. The van der Waals surface area contributed by atoms with Crippen molar-refractivity contribution in [3.63, 3.8) is 0 Å². The van der Waals surface area contributed by atoms with Crippen molar-refractivity contribution < 1.29 is 19.1 Å². The molecule has 1 saturated carbocycles. The number of hydrazone groups is 1. The molecule has 1 aliphatic carbocycles. The first kappa shape index (κ1) is 23.1. The van der Waals surface area contributed by atoms with Gasteiger partial charge in [-0.1, -0.05) is 31.0 Å². The Bertz CT molecular complexity index is 684. The zero-order chi connectivity index (χ0) is 21.7. The van der Waals surface area contributed by atoms with E-state index < -0.39 is 17.7 Å². The number of hydrogen-bond acceptors (Lipinski definition) is 6. The Morgan fingerprint density at radius 2 is 1.80 bits per heavy atom. The second kappa shape index (κ2) is 10.1. The quantitative estimate of drug-likeness (QED) is 0.485. The summed E-state index contributed by atoms with van der Waals surface area (Å²) in [5, 5.41) is 7.76. The van der Waals surface area contributed by atoms with Gasteiger partial charge in [0, 0.05) is 37.5 Å². The number of carbonyl (C=O) groups excluding carboxylic acids is 3. The second-order valence-corrected chi connectivity index (χ2v) is 10.9. The summed E-state index contributed by atoms with van der Waals surface area (Å²) in [7, 11) is 1.91. The standard InChI is InChI=1S/C21H34N4O4S/c1-21(2)13-25(3)20(30-21)24-23-19(28)17(26)16(14-9-11-29-12-10-14)22-18(27)15-7-5-4-6-8-15/h14-16H,4-13H2,1-3H3,(H,22,27)(H,23,28)/b24-20-. The van der Waals surface area contributed by atoms with Gasteiger partial charge in [-0.25, -0.2) is 5.43 Å². The average molecular weight is 439 g/mol. The molecule has 0 radical (unpaired) electrons. The van der Waals surface area contributed by atoms with E-state index in [0.717, 1.165) is 38.6 Å². The van der Waals surface area contributed by atoms with Crippen LogP contribution in [0.3, 0.4) is 0 Å². The van der Waals surface area contributed by atoms with E-state index >= 15 is 0 Å². The molecule has 3 aliphatic rings. The Labute approximate surface area is 182 Å². The van der Waals surface area contributed by atoms with Gasteiger partial charge in [0.15, 0.2) is 5.17 Å². The van der Waals surface area contributed by atoms with Gasteiger partial charge in [0.1, 0.15) is 6.04 Å². The van der Waals surface area contributed by atoms with Crippen LogP contribution in [0.25, 0.3) is 0 Å². The van der Waals surface area contributed by atoms with Crippen molar-refractivity contribution in [3.8, 4) is 0 Å². The third-order valence-corrected chi connectivity index (χ3v) is 7.35. The summed E-state index contributed by atoms with van der Waals surface area (Å²) >= 11 is 1.56. The molecule has 0 aromatic heterocycles. The number of thioether (sulfide) groups is 1. The summed E-state index contributed by atoms with van der Waals surface area (Å²) in [4.78, 5) is 40.4. The number of Topliss-reactive ketones (excluding diaryl/α,β-unsaturated/α-hetero) is 1. The largest absolute Gasteiger partial charge is 0.381 e. The minimum atomic E-state index is -0.825. The van der Waals surface area contributed by atoms with Crippen LogP contribution in [0, 0.1) is 11.8 Å². The van der Waals surface area contributed by atoms with Gasteiger partial charge in [0.25, 0.3) is 0 Å². The van der Waals surface area contributed by atoms with Gasteiger partial charge in [-0.05, 0) is 45.4 Å². The topological polar surface area (TPSA) is 100 Å². The predicted molar refractivity (Wildman–Crippen MR) is 117 cm³/mol. The Morgan fingerprint density at radius 3 is 2.40 bits per heavy atom. The number of nitrogens with one attached hydrogen (secondary N) is 2. The fraction of sp³-hybridized carbons (Fsp3) is 0.810. The van der Waals surface area contributed by atoms with Crippen molar-refractivity contribution in [1.29, 1.82) is 0 Å². The summed E-state index contributed by atoms with van der Waals surface area (Å²) < 4.78 is 5.40. The minimum Gasteiger partial charge on any atom is -0.381 e. The van der Waals surface area contributed by atoms with Gasteiger partial charge in [-0.3, -0.25) is 14.4 Å². The molecule has 3 fully saturated rings. The van der Waals surface area contributed by atoms with Crippen LogP contribution in [0.1, 0.15) is 58.8 Å². The maximum Gasteiger partial charge on any atom is 0.309 e. The van der Waals surface area contributed by atoms with Crippen molar-refractivity contribution in [1.82, 2.24) is 15.6 Å². The molecule has 168 valence electrons. The molecule has 3 rings (SSSR count). The van der Waals surface area contributed by atoms with Gasteiger partial charge in [0.2, 0.25) is 11.7 Å². The molecule has 30 heavy (non-hydrogen) atoms. The smallest absolute Gasteiger partial charge is 0.309 e. The van der Waals surface area contributed by atoms with Gasteiger partial charge in [0.05, 0.1) is 0 Å². The first-order valence-electron chi connectivity index (χ1n) is 11.0. The molecule has 0 spiro atoms. The number of ether oxygens (including phenoxy) is 1. The van der Waals surface area contributed by atoms with Crippen molar-refractivity contribution in [2.75, 3.05) is 26.8 Å². The average Bonchev–Trinajstić information content (AvgIpc) is 3.02. The number of nitrogens with zero attached hydrogens (tertiary/aromatic N) is 2. The zero-order valence-corrected chi connectivity index (χ0v) is 19.1. The molecule has 1 atom stereocenters. The molecule has 0 aromatic carbocycles. The van der Waals surface area contributed by atoms with Crippen molar-refractivity contribution in [2.45, 2.75) is 69.6 Å². The van der Waals surface area contributed by atoms with Crippen LogP contribution in [-0.4, -0.2) is 65.3 Å². The Balaban J connectivity index is 1.66. The Hall–Kier alpha value is -1.61. The van der Waals surface area contributed by atoms with E-state index in [4.69, 9.17) is 4.74 Å². The summed E-state index contributed by atoms with van der Waals surface area (Å²) in [6.45, 7) is 6.09. The molecule has 2 aliphatic heterocycles. The van der Waals surface area contributed by atoms with Crippen LogP contribution in [-0.2, 0) is 19.1 Å².